The molecule has 0 saturated heterocycles. The molecule has 0 unspecified atom stereocenters. The number of rotatable bonds is 4. The molecule has 1 heterocycles. The van der Waals surface area contributed by atoms with E-state index in [2.05, 4.69) is 10.8 Å². The molecule has 24 heavy (non-hydrogen) atoms. The van der Waals surface area contributed by atoms with E-state index in [4.69, 9.17) is 0 Å². The zero-order valence-electron chi connectivity index (χ0n) is 13.5. The summed E-state index contributed by atoms with van der Waals surface area (Å²) in [4.78, 5) is 14.6. The van der Waals surface area contributed by atoms with Crippen LogP contribution in [0.3, 0.4) is 0 Å². The van der Waals surface area contributed by atoms with E-state index in [9.17, 15) is 13.2 Å². The van der Waals surface area contributed by atoms with Crippen molar-refractivity contribution in [3.05, 3.63) is 65.2 Å². The minimum absolute atomic E-state index is 0.0723. The van der Waals surface area contributed by atoms with Crippen molar-refractivity contribution in [2.45, 2.75) is 24.8 Å². The fourth-order valence-corrected chi connectivity index (χ4v) is 3.94. The van der Waals surface area contributed by atoms with Crippen LogP contribution < -0.4 is 4.72 Å². The second kappa shape index (κ2) is 6.75. The van der Waals surface area contributed by atoms with Gasteiger partial charge in [0.1, 0.15) is 0 Å². The summed E-state index contributed by atoms with van der Waals surface area (Å²) in [6, 6.07) is 14.2. The molecule has 0 aliphatic carbocycles. The number of amides is 1. The van der Waals surface area contributed by atoms with E-state index in [1.165, 1.54) is 23.3 Å². The third-order valence-electron chi connectivity index (χ3n) is 4.16. The predicted octanol–water partition coefficient (Wildman–Crippen LogP) is 2.18. The summed E-state index contributed by atoms with van der Waals surface area (Å²) in [5, 5.41) is 0. The first kappa shape index (κ1) is 16.7. The highest BCUT2D eigenvalue weighted by atomic mass is 32.2. The number of hydrogen-bond donors (Lipinski definition) is 1. The average molecular weight is 344 g/mol. The Hall–Kier alpha value is -2.18. The van der Waals surface area contributed by atoms with Crippen molar-refractivity contribution in [3.8, 4) is 0 Å². The predicted molar refractivity (Wildman–Crippen MR) is 92.2 cm³/mol. The maximum atomic E-state index is 12.7. The van der Waals surface area contributed by atoms with Gasteiger partial charge in [-0.3, -0.25) is 4.79 Å². The highest BCUT2D eigenvalue weighted by Gasteiger charge is 2.22. The Kier molecular flexibility index (Phi) is 4.69. The van der Waals surface area contributed by atoms with Gasteiger partial charge in [0.25, 0.3) is 5.91 Å². The molecular weight excluding hydrogens is 324 g/mol. The van der Waals surface area contributed by atoms with Gasteiger partial charge in [-0.05, 0) is 41.8 Å². The van der Waals surface area contributed by atoms with Crippen molar-refractivity contribution >= 4 is 15.9 Å². The Morgan fingerprint density at radius 1 is 1.08 bits per heavy atom. The van der Waals surface area contributed by atoms with Crippen LogP contribution in [0.5, 0.6) is 0 Å². The summed E-state index contributed by atoms with van der Waals surface area (Å²) >= 11 is 0. The van der Waals surface area contributed by atoms with E-state index in [0.717, 1.165) is 6.42 Å². The first-order chi connectivity index (χ1) is 11.5. The zero-order chi connectivity index (χ0) is 17.2. The van der Waals surface area contributed by atoms with Gasteiger partial charge in [-0.2, -0.15) is 0 Å². The topological polar surface area (TPSA) is 66.5 Å². The van der Waals surface area contributed by atoms with Crippen LogP contribution in [0.25, 0.3) is 0 Å². The van der Waals surface area contributed by atoms with Crippen LogP contribution in [0.2, 0.25) is 0 Å². The van der Waals surface area contributed by atoms with Crippen molar-refractivity contribution in [2.75, 3.05) is 13.1 Å². The van der Waals surface area contributed by atoms with Crippen molar-refractivity contribution < 1.29 is 13.2 Å². The molecule has 126 valence electrons. The van der Waals surface area contributed by atoms with Crippen LogP contribution in [0, 0.1) is 0 Å². The van der Waals surface area contributed by atoms with Gasteiger partial charge >= 0.3 is 0 Å². The summed E-state index contributed by atoms with van der Waals surface area (Å²) in [6.07, 6.45) is 0.842. The second-order valence-electron chi connectivity index (χ2n) is 5.77. The first-order valence-corrected chi connectivity index (χ1v) is 9.45. The van der Waals surface area contributed by atoms with Gasteiger partial charge in [-0.25, -0.2) is 13.1 Å². The molecule has 0 atom stereocenters. The Balaban J connectivity index is 1.77. The molecule has 1 N–H and O–H groups in total. The van der Waals surface area contributed by atoms with Crippen LogP contribution in [0.1, 0.15) is 28.4 Å². The van der Waals surface area contributed by atoms with E-state index in [1.807, 2.05) is 18.2 Å². The van der Waals surface area contributed by atoms with Crippen molar-refractivity contribution in [3.63, 3.8) is 0 Å². The van der Waals surface area contributed by atoms with Gasteiger partial charge in [0, 0.05) is 25.2 Å². The van der Waals surface area contributed by atoms with Gasteiger partial charge in [0.2, 0.25) is 10.0 Å². The second-order valence-corrected chi connectivity index (χ2v) is 7.54. The lowest BCUT2D eigenvalue weighted by molar-refractivity contribution is 0.0734. The number of nitrogens with zero attached hydrogens (tertiary/aromatic N) is 1. The number of benzene rings is 2. The van der Waals surface area contributed by atoms with Gasteiger partial charge in [0.15, 0.2) is 0 Å². The molecule has 0 radical (unpaired) electrons. The fraction of sp³-hybridized carbons (Fsp3) is 0.278. The molecule has 6 heteroatoms. The Labute approximate surface area is 142 Å². The number of fused-ring (bicyclic) bond motifs is 1. The van der Waals surface area contributed by atoms with Crippen molar-refractivity contribution in [2.24, 2.45) is 0 Å². The molecule has 0 spiro atoms. The lowest BCUT2D eigenvalue weighted by atomic mass is 9.99. The highest BCUT2D eigenvalue weighted by Crippen LogP contribution is 2.21. The Bertz CT molecular complexity index is 845. The lowest BCUT2D eigenvalue weighted by Crippen LogP contribution is -2.35. The fourth-order valence-electron chi connectivity index (χ4n) is 2.90. The number of nitrogens with one attached hydrogen (secondary N) is 1. The summed E-state index contributed by atoms with van der Waals surface area (Å²) < 4.78 is 26.3. The molecule has 0 saturated carbocycles. The van der Waals surface area contributed by atoms with E-state index in [0.29, 0.717) is 25.2 Å². The summed E-state index contributed by atoms with van der Waals surface area (Å²) in [5.74, 6) is -0.0723. The maximum Gasteiger partial charge on any atom is 0.254 e. The van der Waals surface area contributed by atoms with Gasteiger partial charge in [-0.1, -0.05) is 31.2 Å². The van der Waals surface area contributed by atoms with Crippen LogP contribution in [0.4, 0.5) is 0 Å². The number of hydrogen-bond acceptors (Lipinski definition) is 3. The summed E-state index contributed by atoms with van der Waals surface area (Å²) in [6.45, 7) is 3.32. The molecule has 0 fully saturated rings. The minimum atomic E-state index is -3.49. The highest BCUT2D eigenvalue weighted by molar-refractivity contribution is 7.89. The summed E-state index contributed by atoms with van der Waals surface area (Å²) in [7, 11) is -3.49. The standard InChI is InChI=1S/C18H20N2O3S/c1-2-19-24(22,23)17-9-7-15(8-10-17)18(21)20-12-11-14-5-3-4-6-16(14)13-20/h3-10,19H,2,11-13H2,1H3. The third kappa shape index (κ3) is 3.34. The molecule has 1 amide bonds. The quantitative estimate of drug-likeness (QED) is 0.924. The van der Waals surface area contributed by atoms with Gasteiger partial charge in [-0.15, -0.1) is 0 Å². The normalized spacial score (nSPS) is 14.3. The molecule has 3 rings (SSSR count). The average Bonchev–Trinajstić information content (AvgIpc) is 2.61. The molecule has 2 aromatic rings. The maximum absolute atomic E-state index is 12.7. The number of carbonyl (C=O) groups excluding carboxylic acids is 1. The lowest BCUT2D eigenvalue weighted by Gasteiger charge is -2.29. The monoisotopic (exact) mass is 344 g/mol. The van der Waals surface area contributed by atoms with Crippen molar-refractivity contribution in [1.29, 1.82) is 0 Å². The van der Waals surface area contributed by atoms with Gasteiger partial charge < -0.3 is 4.90 Å². The molecular formula is C18H20N2O3S. The SMILES string of the molecule is CCNS(=O)(=O)c1ccc(C(=O)N2CCc3ccccc3C2)cc1. The molecule has 2 aromatic carbocycles. The minimum Gasteiger partial charge on any atom is -0.334 e. The van der Waals surface area contributed by atoms with Crippen LogP contribution in [-0.2, 0) is 23.0 Å². The van der Waals surface area contributed by atoms with Crippen molar-refractivity contribution in [1.82, 2.24) is 9.62 Å². The van der Waals surface area contributed by atoms with Crippen LogP contribution >= 0.6 is 0 Å². The molecule has 0 bridgehead atoms. The van der Waals surface area contributed by atoms with E-state index >= 15 is 0 Å². The van der Waals surface area contributed by atoms with Gasteiger partial charge in [0.05, 0.1) is 4.90 Å². The molecule has 5 nitrogen and oxygen atoms in total. The number of carbonyl (C=O) groups is 1. The third-order valence-corrected chi connectivity index (χ3v) is 5.73. The van der Waals surface area contributed by atoms with E-state index in [1.54, 1.807) is 24.0 Å². The molecule has 1 aliphatic rings. The summed E-state index contributed by atoms with van der Waals surface area (Å²) in [5.41, 5.74) is 2.96. The number of sulfonamides is 1. The molecule has 0 aromatic heterocycles. The zero-order valence-corrected chi connectivity index (χ0v) is 14.3. The Morgan fingerprint density at radius 3 is 2.42 bits per heavy atom. The molecule has 1 aliphatic heterocycles. The first-order valence-electron chi connectivity index (χ1n) is 7.97. The van der Waals surface area contributed by atoms with E-state index in [-0.39, 0.29) is 10.8 Å². The van der Waals surface area contributed by atoms with E-state index < -0.39 is 10.0 Å². The largest absolute Gasteiger partial charge is 0.334 e. The Morgan fingerprint density at radius 2 is 1.75 bits per heavy atom. The van der Waals surface area contributed by atoms with Crippen LogP contribution in [-0.4, -0.2) is 32.3 Å². The smallest absolute Gasteiger partial charge is 0.254 e. The van der Waals surface area contributed by atoms with Crippen LogP contribution in [0.15, 0.2) is 53.4 Å².